The number of benzene rings is 8. The van der Waals surface area contributed by atoms with Crippen LogP contribution in [0.1, 0.15) is 0 Å². The second kappa shape index (κ2) is 8.95. The average molecular weight is 536 g/mol. The van der Waals surface area contributed by atoms with E-state index in [9.17, 15) is 0 Å². The zero-order valence-electron chi connectivity index (χ0n) is 22.8. The highest BCUT2D eigenvalue weighted by Crippen LogP contribution is 2.46. The molecular formula is C40H25NO. The molecule has 2 nitrogen and oxygen atoms in total. The maximum Gasteiger partial charge on any atom is 0.137 e. The van der Waals surface area contributed by atoms with E-state index in [4.69, 9.17) is 4.42 Å². The molecule has 1 heterocycles. The van der Waals surface area contributed by atoms with Gasteiger partial charge in [-0.25, -0.2) is 0 Å². The highest BCUT2D eigenvalue weighted by Gasteiger charge is 2.21. The van der Waals surface area contributed by atoms with Crippen molar-refractivity contribution in [3.8, 4) is 0 Å². The molecule has 0 amide bonds. The number of nitrogens with zero attached hydrogens (tertiary/aromatic N) is 1. The normalized spacial score (nSPS) is 11.8. The summed E-state index contributed by atoms with van der Waals surface area (Å²) in [6.07, 6.45) is 0. The number of hydrogen-bond acceptors (Lipinski definition) is 2. The minimum absolute atomic E-state index is 0.885. The SMILES string of the molecule is c1ccc(N(c2ccc3c(c2)oc2ccccc23)c2cc3ccc4ccccc4c3c3ccc4ccccc4c23)cc1. The Bertz CT molecular complexity index is 2470. The zero-order valence-corrected chi connectivity index (χ0v) is 22.8. The van der Waals surface area contributed by atoms with Gasteiger partial charge >= 0.3 is 0 Å². The summed E-state index contributed by atoms with van der Waals surface area (Å²) in [5.41, 5.74) is 5.09. The molecule has 2 heteroatoms. The molecule has 0 aliphatic heterocycles. The van der Waals surface area contributed by atoms with E-state index < -0.39 is 0 Å². The van der Waals surface area contributed by atoms with Crippen LogP contribution >= 0.6 is 0 Å². The molecule has 0 spiro atoms. The minimum atomic E-state index is 0.885. The number of furan rings is 1. The van der Waals surface area contributed by atoms with E-state index in [2.05, 4.69) is 144 Å². The first-order chi connectivity index (χ1) is 20.8. The summed E-state index contributed by atoms with van der Waals surface area (Å²) in [5, 5.41) is 12.3. The fraction of sp³-hybridized carbons (Fsp3) is 0. The van der Waals surface area contributed by atoms with Crippen molar-refractivity contribution < 1.29 is 4.42 Å². The van der Waals surface area contributed by atoms with Gasteiger partial charge in [-0.2, -0.15) is 0 Å². The molecule has 42 heavy (non-hydrogen) atoms. The first-order valence-electron chi connectivity index (χ1n) is 14.4. The van der Waals surface area contributed by atoms with E-state index in [1.165, 1.54) is 43.1 Å². The Morgan fingerprint density at radius 3 is 1.76 bits per heavy atom. The standard InChI is InChI=1S/C40H25NO/c1-2-12-29(13-3-1)41(30-21-23-34-33-16-8-9-17-37(33)42-38(34)25-30)36-24-28-19-18-26-10-4-6-14-31(26)39(28)35-22-20-27-11-5-7-15-32(27)40(35)36/h1-25H. The van der Waals surface area contributed by atoms with E-state index in [0.717, 1.165) is 39.0 Å². The summed E-state index contributed by atoms with van der Waals surface area (Å²) in [4.78, 5) is 2.38. The van der Waals surface area contributed by atoms with Crippen LogP contribution in [0.25, 0.3) is 65.0 Å². The van der Waals surface area contributed by atoms with Gasteiger partial charge in [0.2, 0.25) is 0 Å². The predicted octanol–water partition coefficient (Wildman–Crippen LogP) is 11.7. The van der Waals surface area contributed by atoms with Crippen molar-refractivity contribution in [3.63, 3.8) is 0 Å². The molecule has 0 radical (unpaired) electrons. The van der Waals surface area contributed by atoms with Gasteiger partial charge in [-0.15, -0.1) is 0 Å². The zero-order chi connectivity index (χ0) is 27.6. The topological polar surface area (TPSA) is 16.4 Å². The quantitative estimate of drug-likeness (QED) is 0.209. The van der Waals surface area contributed by atoms with Crippen molar-refractivity contribution in [1.29, 1.82) is 0 Å². The molecule has 0 bridgehead atoms. The van der Waals surface area contributed by atoms with Gasteiger partial charge in [0.1, 0.15) is 11.2 Å². The van der Waals surface area contributed by atoms with Crippen molar-refractivity contribution >= 4 is 82.1 Å². The summed E-state index contributed by atoms with van der Waals surface area (Å²) >= 11 is 0. The third-order valence-corrected chi connectivity index (χ3v) is 8.58. The summed E-state index contributed by atoms with van der Waals surface area (Å²) in [5.74, 6) is 0. The lowest BCUT2D eigenvalue weighted by atomic mass is 9.91. The van der Waals surface area contributed by atoms with Gasteiger partial charge in [0.25, 0.3) is 0 Å². The van der Waals surface area contributed by atoms with E-state index >= 15 is 0 Å². The molecule has 0 aliphatic carbocycles. The van der Waals surface area contributed by atoms with E-state index in [0.29, 0.717) is 0 Å². The summed E-state index contributed by atoms with van der Waals surface area (Å²) in [6, 6.07) is 54.4. The lowest BCUT2D eigenvalue weighted by molar-refractivity contribution is 0.669. The van der Waals surface area contributed by atoms with Gasteiger partial charge in [0, 0.05) is 33.6 Å². The summed E-state index contributed by atoms with van der Waals surface area (Å²) in [6.45, 7) is 0. The van der Waals surface area contributed by atoms with Gasteiger partial charge in [-0.1, -0.05) is 109 Å². The van der Waals surface area contributed by atoms with E-state index in [1.54, 1.807) is 0 Å². The Hall–Kier alpha value is -5.60. The molecule has 1 aromatic heterocycles. The van der Waals surface area contributed by atoms with Crippen LogP contribution in [0.3, 0.4) is 0 Å². The Kier molecular flexibility index (Phi) is 4.93. The second-order valence-electron chi connectivity index (χ2n) is 10.9. The molecule has 0 N–H and O–H groups in total. The van der Waals surface area contributed by atoms with Crippen LogP contribution in [0, 0.1) is 0 Å². The van der Waals surface area contributed by atoms with Crippen LogP contribution in [-0.4, -0.2) is 0 Å². The average Bonchev–Trinajstić information content (AvgIpc) is 3.43. The predicted molar refractivity (Wildman–Crippen MR) is 178 cm³/mol. The van der Waals surface area contributed by atoms with Crippen molar-refractivity contribution in [2.45, 2.75) is 0 Å². The highest BCUT2D eigenvalue weighted by molar-refractivity contribution is 6.29. The van der Waals surface area contributed by atoms with Gasteiger partial charge in [-0.3, -0.25) is 0 Å². The molecule has 9 rings (SSSR count). The van der Waals surface area contributed by atoms with Crippen molar-refractivity contribution in [1.82, 2.24) is 0 Å². The molecular weight excluding hydrogens is 510 g/mol. The van der Waals surface area contributed by atoms with Crippen LogP contribution < -0.4 is 4.90 Å². The Morgan fingerprint density at radius 1 is 0.357 bits per heavy atom. The summed E-state index contributed by atoms with van der Waals surface area (Å²) < 4.78 is 6.36. The lowest BCUT2D eigenvalue weighted by Crippen LogP contribution is -2.10. The number of fused-ring (bicyclic) bond motifs is 10. The van der Waals surface area contributed by atoms with Crippen LogP contribution in [0.15, 0.2) is 156 Å². The van der Waals surface area contributed by atoms with Gasteiger partial charge < -0.3 is 9.32 Å². The highest BCUT2D eigenvalue weighted by atomic mass is 16.3. The Morgan fingerprint density at radius 2 is 0.952 bits per heavy atom. The maximum atomic E-state index is 6.36. The fourth-order valence-electron chi connectivity index (χ4n) is 6.72. The fourth-order valence-corrected chi connectivity index (χ4v) is 6.72. The maximum absolute atomic E-state index is 6.36. The van der Waals surface area contributed by atoms with Crippen LogP contribution in [0.2, 0.25) is 0 Å². The van der Waals surface area contributed by atoms with Crippen molar-refractivity contribution in [3.05, 3.63) is 152 Å². The first kappa shape index (κ1) is 23.1. The molecule has 0 saturated heterocycles. The molecule has 8 aromatic carbocycles. The van der Waals surface area contributed by atoms with Crippen molar-refractivity contribution in [2.75, 3.05) is 4.90 Å². The number of anilines is 3. The smallest absolute Gasteiger partial charge is 0.137 e. The van der Waals surface area contributed by atoms with Crippen LogP contribution in [0.4, 0.5) is 17.1 Å². The third-order valence-electron chi connectivity index (χ3n) is 8.58. The lowest BCUT2D eigenvalue weighted by Gasteiger charge is -2.28. The number of para-hydroxylation sites is 2. The minimum Gasteiger partial charge on any atom is -0.456 e. The molecule has 0 saturated carbocycles. The second-order valence-corrected chi connectivity index (χ2v) is 10.9. The molecule has 9 aromatic rings. The molecule has 196 valence electrons. The van der Waals surface area contributed by atoms with Crippen LogP contribution in [0.5, 0.6) is 0 Å². The summed E-state index contributed by atoms with van der Waals surface area (Å²) in [7, 11) is 0. The third kappa shape index (κ3) is 3.39. The molecule has 0 unspecified atom stereocenters. The largest absolute Gasteiger partial charge is 0.456 e. The van der Waals surface area contributed by atoms with E-state index in [1.807, 2.05) is 12.1 Å². The molecule has 0 atom stereocenters. The molecule has 0 aliphatic rings. The van der Waals surface area contributed by atoms with Crippen molar-refractivity contribution in [2.24, 2.45) is 0 Å². The van der Waals surface area contributed by atoms with Crippen LogP contribution in [-0.2, 0) is 0 Å². The van der Waals surface area contributed by atoms with E-state index in [-0.39, 0.29) is 0 Å². The monoisotopic (exact) mass is 535 g/mol. The molecule has 0 fully saturated rings. The number of hydrogen-bond donors (Lipinski definition) is 0. The van der Waals surface area contributed by atoms with Gasteiger partial charge in [0.15, 0.2) is 0 Å². The van der Waals surface area contributed by atoms with Gasteiger partial charge in [-0.05, 0) is 74.1 Å². The first-order valence-corrected chi connectivity index (χ1v) is 14.4. The Labute approximate surface area is 242 Å². The Balaban J connectivity index is 1.43. The van der Waals surface area contributed by atoms with Gasteiger partial charge in [0.05, 0.1) is 5.69 Å². The number of rotatable bonds is 3.